The summed E-state index contributed by atoms with van der Waals surface area (Å²) in [5, 5.41) is 10.6. The van der Waals surface area contributed by atoms with E-state index in [2.05, 4.69) is 0 Å². The molecule has 1 aromatic rings. The van der Waals surface area contributed by atoms with Crippen LogP contribution in [0.15, 0.2) is 18.2 Å². The van der Waals surface area contributed by atoms with Gasteiger partial charge in [0.15, 0.2) is 0 Å². The number of nitrogens with two attached hydrogens (primary N) is 1. The molecule has 0 fully saturated rings. The van der Waals surface area contributed by atoms with Crippen molar-refractivity contribution >= 4 is 29.1 Å². The predicted octanol–water partition coefficient (Wildman–Crippen LogP) is 1.58. The van der Waals surface area contributed by atoms with Crippen molar-refractivity contribution in [3.05, 3.63) is 38.9 Å². The number of hydrogen-bond donors (Lipinski definition) is 1. The highest BCUT2D eigenvalue weighted by Gasteiger charge is 2.23. The van der Waals surface area contributed by atoms with Crippen molar-refractivity contribution in [3.8, 4) is 0 Å². The molecule has 20 heavy (non-hydrogen) atoms. The fraction of sp³-hybridized carbons (Fsp3) is 0.333. The summed E-state index contributed by atoms with van der Waals surface area (Å²) < 4.78 is 0. The van der Waals surface area contributed by atoms with Crippen molar-refractivity contribution in [2.45, 2.75) is 19.9 Å². The van der Waals surface area contributed by atoms with Gasteiger partial charge in [-0.25, -0.2) is 0 Å². The molecule has 0 heterocycles. The van der Waals surface area contributed by atoms with Crippen LogP contribution in [0.4, 0.5) is 5.69 Å². The van der Waals surface area contributed by atoms with Gasteiger partial charge < -0.3 is 10.6 Å². The first kappa shape index (κ1) is 15.9. The molecule has 1 rings (SSSR count). The molecule has 0 aliphatic heterocycles. The summed E-state index contributed by atoms with van der Waals surface area (Å²) in [6.45, 7) is 3.20. The zero-order valence-corrected chi connectivity index (χ0v) is 11.8. The van der Waals surface area contributed by atoms with Gasteiger partial charge in [-0.05, 0) is 19.9 Å². The third-order valence-electron chi connectivity index (χ3n) is 2.60. The molecule has 108 valence electrons. The number of non-ortho nitro benzene ring substituents is 1. The molecule has 1 aromatic carbocycles. The maximum absolute atomic E-state index is 12.3. The van der Waals surface area contributed by atoms with Crippen LogP contribution in [-0.4, -0.2) is 34.2 Å². The molecule has 2 N–H and O–H groups in total. The molecular formula is C12H14ClN3O4. The van der Waals surface area contributed by atoms with Crippen LogP contribution in [-0.2, 0) is 4.79 Å². The Balaban J connectivity index is 3.12. The minimum absolute atomic E-state index is 0.0423. The lowest BCUT2D eigenvalue weighted by atomic mass is 10.1. The molecule has 0 saturated heterocycles. The average Bonchev–Trinajstić information content (AvgIpc) is 2.34. The van der Waals surface area contributed by atoms with Gasteiger partial charge in [0.25, 0.3) is 11.6 Å². The fourth-order valence-electron chi connectivity index (χ4n) is 1.60. The molecule has 0 bridgehead atoms. The van der Waals surface area contributed by atoms with E-state index < -0.39 is 16.7 Å². The van der Waals surface area contributed by atoms with Crippen molar-refractivity contribution in [2.24, 2.45) is 5.73 Å². The van der Waals surface area contributed by atoms with Crippen LogP contribution in [0, 0.1) is 10.1 Å². The smallest absolute Gasteiger partial charge is 0.270 e. The van der Waals surface area contributed by atoms with Gasteiger partial charge >= 0.3 is 0 Å². The van der Waals surface area contributed by atoms with E-state index in [9.17, 15) is 19.7 Å². The number of nitro groups is 1. The highest BCUT2D eigenvalue weighted by molar-refractivity contribution is 6.34. The van der Waals surface area contributed by atoms with E-state index >= 15 is 0 Å². The Bertz CT molecular complexity index is 560. The van der Waals surface area contributed by atoms with Gasteiger partial charge in [-0.15, -0.1) is 0 Å². The predicted molar refractivity (Wildman–Crippen MR) is 73.5 cm³/mol. The molecule has 0 aliphatic carbocycles. The summed E-state index contributed by atoms with van der Waals surface area (Å²) in [4.78, 5) is 34.5. The lowest BCUT2D eigenvalue weighted by Crippen LogP contribution is -2.42. The molecule has 0 spiro atoms. The Morgan fingerprint density at radius 1 is 1.45 bits per heavy atom. The second-order valence-corrected chi connectivity index (χ2v) is 4.82. The van der Waals surface area contributed by atoms with E-state index in [4.69, 9.17) is 17.3 Å². The van der Waals surface area contributed by atoms with E-state index in [1.165, 1.54) is 17.0 Å². The van der Waals surface area contributed by atoms with Crippen molar-refractivity contribution < 1.29 is 14.5 Å². The van der Waals surface area contributed by atoms with Crippen LogP contribution >= 0.6 is 11.6 Å². The minimum atomic E-state index is -0.648. The first-order valence-corrected chi connectivity index (χ1v) is 6.15. The zero-order chi connectivity index (χ0) is 15.4. The number of rotatable bonds is 5. The Hall–Kier alpha value is -2.15. The summed E-state index contributed by atoms with van der Waals surface area (Å²) in [5.41, 5.74) is 4.97. The lowest BCUT2D eigenvalue weighted by Gasteiger charge is -2.25. The Kier molecular flexibility index (Phi) is 5.04. The largest absolute Gasteiger partial charge is 0.368 e. The number of amides is 2. The van der Waals surface area contributed by atoms with Crippen LogP contribution in [0.25, 0.3) is 0 Å². The van der Waals surface area contributed by atoms with Crippen molar-refractivity contribution in [1.29, 1.82) is 0 Å². The van der Waals surface area contributed by atoms with Gasteiger partial charge in [-0.1, -0.05) is 11.6 Å². The minimum Gasteiger partial charge on any atom is -0.368 e. The quantitative estimate of drug-likeness (QED) is 0.658. The Labute approximate surface area is 120 Å². The molecule has 0 aliphatic rings. The number of benzene rings is 1. The maximum atomic E-state index is 12.3. The number of nitrogens with zero attached hydrogens (tertiary/aromatic N) is 2. The monoisotopic (exact) mass is 299 g/mol. The molecule has 0 saturated carbocycles. The van der Waals surface area contributed by atoms with Crippen molar-refractivity contribution in [2.75, 3.05) is 6.54 Å². The summed E-state index contributed by atoms with van der Waals surface area (Å²) in [7, 11) is 0. The van der Waals surface area contributed by atoms with E-state index in [1.54, 1.807) is 13.8 Å². The maximum Gasteiger partial charge on any atom is 0.270 e. The van der Waals surface area contributed by atoms with Crippen molar-refractivity contribution in [3.63, 3.8) is 0 Å². The van der Waals surface area contributed by atoms with E-state index in [1.807, 2.05) is 0 Å². The highest BCUT2D eigenvalue weighted by atomic mass is 35.5. The van der Waals surface area contributed by atoms with Crippen LogP contribution in [0.5, 0.6) is 0 Å². The fourth-order valence-corrected chi connectivity index (χ4v) is 1.86. The van der Waals surface area contributed by atoms with Gasteiger partial charge in [0.05, 0.1) is 22.1 Å². The second kappa shape index (κ2) is 6.33. The summed E-state index contributed by atoms with van der Waals surface area (Å²) in [6.07, 6.45) is 0. The third kappa shape index (κ3) is 3.67. The molecule has 0 unspecified atom stereocenters. The van der Waals surface area contributed by atoms with Crippen LogP contribution in [0.3, 0.4) is 0 Å². The lowest BCUT2D eigenvalue weighted by molar-refractivity contribution is -0.384. The Morgan fingerprint density at radius 3 is 2.45 bits per heavy atom. The number of halogens is 1. The highest BCUT2D eigenvalue weighted by Crippen LogP contribution is 2.24. The number of nitro benzene ring substituents is 1. The van der Waals surface area contributed by atoms with Gasteiger partial charge in [0.2, 0.25) is 5.91 Å². The SMILES string of the molecule is CC(C)N(CC(N)=O)C(=O)c1ccc([N+](=O)[O-])cc1Cl. The summed E-state index contributed by atoms with van der Waals surface area (Å²) in [6, 6.07) is 3.28. The van der Waals surface area contributed by atoms with Crippen LogP contribution < -0.4 is 5.73 Å². The molecule has 2 amide bonds. The third-order valence-corrected chi connectivity index (χ3v) is 2.92. The standard InChI is InChI=1S/C12H14ClN3O4/c1-7(2)15(6-11(14)17)12(18)9-4-3-8(16(19)20)5-10(9)13/h3-5,7H,6H2,1-2H3,(H2,14,17). The molecule has 7 nitrogen and oxygen atoms in total. The van der Waals surface area contributed by atoms with Crippen LogP contribution in [0.2, 0.25) is 5.02 Å². The van der Waals surface area contributed by atoms with Gasteiger partial charge in [-0.3, -0.25) is 19.7 Å². The second-order valence-electron chi connectivity index (χ2n) is 4.41. The molecule has 0 atom stereocenters. The van der Waals surface area contributed by atoms with Gasteiger partial charge in [0, 0.05) is 18.2 Å². The van der Waals surface area contributed by atoms with Crippen LogP contribution in [0.1, 0.15) is 24.2 Å². The van der Waals surface area contributed by atoms with E-state index in [-0.39, 0.29) is 28.9 Å². The first-order chi connectivity index (χ1) is 9.23. The average molecular weight is 300 g/mol. The molecular weight excluding hydrogens is 286 g/mol. The molecule has 0 aromatic heterocycles. The first-order valence-electron chi connectivity index (χ1n) is 5.77. The van der Waals surface area contributed by atoms with Gasteiger partial charge in [0.1, 0.15) is 0 Å². The molecule has 0 radical (unpaired) electrons. The Morgan fingerprint density at radius 2 is 2.05 bits per heavy atom. The number of carbonyl (C=O) groups is 2. The van der Waals surface area contributed by atoms with E-state index in [0.717, 1.165) is 6.07 Å². The normalized spacial score (nSPS) is 10.4. The number of primary amides is 1. The topological polar surface area (TPSA) is 107 Å². The summed E-state index contributed by atoms with van der Waals surface area (Å²) >= 11 is 5.89. The van der Waals surface area contributed by atoms with E-state index in [0.29, 0.717) is 0 Å². The summed E-state index contributed by atoms with van der Waals surface area (Å²) in [5.74, 6) is -1.15. The number of carbonyl (C=O) groups excluding carboxylic acids is 2. The van der Waals surface area contributed by atoms with Crippen molar-refractivity contribution in [1.82, 2.24) is 4.90 Å². The molecule has 8 heteroatoms. The zero-order valence-electron chi connectivity index (χ0n) is 11.0. The van der Waals surface area contributed by atoms with Gasteiger partial charge in [-0.2, -0.15) is 0 Å². The number of hydrogen-bond acceptors (Lipinski definition) is 4.